The Morgan fingerprint density at radius 3 is 0.784 bits per heavy atom. The van der Waals surface area contributed by atoms with Gasteiger partial charge >= 0.3 is 39.5 Å². The summed E-state index contributed by atoms with van der Waals surface area (Å²) in [4.78, 5) is 72.9. The zero-order chi connectivity index (χ0) is 71.6. The molecule has 0 aromatic carbocycles. The summed E-state index contributed by atoms with van der Waals surface area (Å²) >= 11 is 0. The van der Waals surface area contributed by atoms with Crippen LogP contribution in [0.1, 0.15) is 402 Å². The minimum absolute atomic E-state index is 0.107. The maximum absolute atomic E-state index is 13.1. The van der Waals surface area contributed by atoms with Crippen molar-refractivity contribution in [3.05, 3.63) is 0 Å². The second-order valence-corrected chi connectivity index (χ2v) is 32.2. The van der Waals surface area contributed by atoms with E-state index in [9.17, 15) is 43.2 Å². The fourth-order valence-electron chi connectivity index (χ4n) is 11.9. The maximum atomic E-state index is 13.1. The van der Waals surface area contributed by atoms with E-state index in [-0.39, 0.29) is 25.7 Å². The molecule has 0 bridgehead atoms. The van der Waals surface area contributed by atoms with Gasteiger partial charge in [-0.25, -0.2) is 9.13 Å². The summed E-state index contributed by atoms with van der Waals surface area (Å²) in [6, 6.07) is 0. The Kier molecular flexibility index (Phi) is 67.1. The summed E-state index contributed by atoms with van der Waals surface area (Å²) in [5.41, 5.74) is 0. The Bertz CT molecular complexity index is 1890. The molecule has 0 rings (SSSR count). The summed E-state index contributed by atoms with van der Waals surface area (Å²) in [6.45, 7) is 11.9. The molecule has 17 nitrogen and oxygen atoms in total. The molecule has 97 heavy (non-hydrogen) atoms. The van der Waals surface area contributed by atoms with Gasteiger partial charge in [-0.05, 0) is 43.4 Å². The Labute approximate surface area is 594 Å². The Hall–Kier alpha value is -1.94. The molecular formula is C78H152O17P2. The molecule has 6 atom stereocenters. The third kappa shape index (κ3) is 70.9. The lowest BCUT2D eigenvalue weighted by Gasteiger charge is -2.21. The van der Waals surface area contributed by atoms with Gasteiger partial charge in [-0.3, -0.25) is 37.3 Å². The summed E-state index contributed by atoms with van der Waals surface area (Å²) in [5, 5.41) is 10.6. The van der Waals surface area contributed by atoms with Gasteiger partial charge in [0.2, 0.25) is 0 Å². The molecule has 0 aliphatic rings. The second kappa shape index (κ2) is 68.5. The number of carbonyl (C=O) groups is 4. The molecule has 0 aromatic rings. The highest BCUT2D eigenvalue weighted by Gasteiger charge is 2.30. The van der Waals surface area contributed by atoms with Crippen LogP contribution in [-0.4, -0.2) is 96.7 Å². The summed E-state index contributed by atoms with van der Waals surface area (Å²) in [6.07, 6.45) is 55.4. The van der Waals surface area contributed by atoms with Crippen LogP contribution in [-0.2, 0) is 65.4 Å². The van der Waals surface area contributed by atoms with Crippen LogP contribution in [0.25, 0.3) is 0 Å². The molecule has 0 aliphatic carbocycles. The molecule has 3 N–H and O–H groups in total. The Morgan fingerprint density at radius 2 is 0.526 bits per heavy atom. The molecule has 19 heteroatoms. The Balaban J connectivity index is 5.25. The van der Waals surface area contributed by atoms with Gasteiger partial charge in [0.1, 0.15) is 19.3 Å². The molecule has 3 unspecified atom stereocenters. The average molecular weight is 1420 g/mol. The van der Waals surface area contributed by atoms with Crippen molar-refractivity contribution < 1.29 is 80.2 Å². The quantitative estimate of drug-likeness (QED) is 0.0222. The molecule has 0 amide bonds. The van der Waals surface area contributed by atoms with Crippen LogP contribution in [0.5, 0.6) is 0 Å². The molecule has 0 radical (unpaired) electrons. The van der Waals surface area contributed by atoms with Crippen molar-refractivity contribution in [3.8, 4) is 0 Å². The van der Waals surface area contributed by atoms with Crippen molar-refractivity contribution in [3.63, 3.8) is 0 Å². The third-order valence-electron chi connectivity index (χ3n) is 18.5. The predicted octanol–water partition coefficient (Wildman–Crippen LogP) is 23.0. The van der Waals surface area contributed by atoms with Crippen LogP contribution >= 0.6 is 15.6 Å². The van der Waals surface area contributed by atoms with Gasteiger partial charge in [0.25, 0.3) is 0 Å². The lowest BCUT2D eigenvalue weighted by Crippen LogP contribution is -2.30. The summed E-state index contributed by atoms with van der Waals surface area (Å²) in [7, 11) is -9.92. The number of aliphatic hydroxyl groups is 1. The molecule has 0 fully saturated rings. The fourth-order valence-corrected chi connectivity index (χ4v) is 13.5. The average Bonchev–Trinajstić information content (AvgIpc) is 1.78. The number of rotatable bonds is 76. The second-order valence-electron chi connectivity index (χ2n) is 29.3. The van der Waals surface area contributed by atoms with Gasteiger partial charge in [0, 0.05) is 25.7 Å². The number of ether oxygens (including phenoxy) is 4. The van der Waals surface area contributed by atoms with Crippen LogP contribution in [0.4, 0.5) is 0 Å². The van der Waals surface area contributed by atoms with E-state index in [2.05, 4.69) is 48.5 Å². The fraction of sp³-hybridized carbons (Fsp3) is 0.949. The van der Waals surface area contributed by atoms with Gasteiger partial charge in [0.05, 0.1) is 26.4 Å². The standard InChI is InChI=1S/C78H152O17P2/c1-8-10-11-12-13-14-15-16-20-27-32-39-47-54-61-78(83)95-74(66-89-76(81)60-53-46-41-34-36-43-50-57-70(5)6)68-93-97(86,87)91-64-72(79)63-90-96(84,85)92-67-73(65-88-75(80)59-52-45-38-31-26-23-22-24-29-35-42-49-56-69(3)4)94-77(82)62-55-48-40-33-28-21-18-17-19-25-30-37-44-51-58-71(7)9-2/h69-74,79H,8-68H2,1-7H3,(H,84,85)(H,86,87)/t71?,72-,73-,74-/m1/s1. The van der Waals surface area contributed by atoms with Crippen molar-refractivity contribution in [1.29, 1.82) is 0 Å². The van der Waals surface area contributed by atoms with E-state index in [1.165, 1.54) is 205 Å². The lowest BCUT2D eigenvalue weighted by molar-refractivity contribution is -0.161. The number of esters is 4. The highest BCUT2D eigenvalue weighted by atomic mass is 31.2. The summed E-state index contributed by atoms with van der Waals surface area (Å²) in [5.74, 6) is 0.219. The molecule has 0 saturated carbocycles. The summed E-state index contributed by atoms with van der Waals surface area (Å²) < 4.78 is 68.6. The van der Waals surface area contributed by atoms with Gasteiger partial charge in [0.15, 0.2) is 12.2 Å². The molecule has 0 spiro atoms. The number of carbonyl (C=O) groups excluding carboxylic acids is 4. The largest absolute Gasteiger partial charge is 0.472 e. The smallest absolute Gasteiger partial charge is 0.462 e. The van der Waals surface area contributed by atoms with Gasteiger partial charge in [-0.1, -0.05) is 350 Å². The van der Waals surface area contributed by atoms with E-state index in [1.54, 1.807) is 0 Å². The van der Waals surface area contributed by atoms with Crippen molar-refractivity contribution in [2.45, 2.75) is 420 Å². The SMILES string of the molecule is CCCCCCCCCCCCCCCCC(=O)O[C@H](COC(=O)CCCCCCCCCC(C)C)COP(=O)(O)OC[C@H](O)COP(=O)(O)OC[C@@H](COC(=O)CCCCCCCCCCCCCCC(C)C)OC(=O)CCCCCCCCCCCCCCCCC(C)CC. The van der Waals surface area contributed by atoms with E-state index in [1.807, 2.05) is 0 Å². The predicted molar refractivity (Wildman–Crippen MR) is 395 cm³/mol. The number of unbranched alkanes of at least 4 members (excludes halogenated alkanes) is 43. The van der Waals surface area contributed by atoms with Gasteiger partial charge < -0.3 is 33.8 Å². The first-order valence-electron chi connectivity index (χ1n) is 40.4. The highest BCUT2D eigenvalue weighted by Crippen LogP contribution is 2.45. The van der Waals surface area contributed by atoms with Crippen molar-refractivity contribution >= 4 is 39.5 Å². The van der Waals surface area contributed by atoms with Gasteiger partial charge in [-0.2, -0.15) is 0 Å². The van der Waals surface area contributed by atoms with E-state index < -0.39 is 97.5 Å². The highest BCUT2D eigenvalue weighted by molar-refractivity contribution is 7.47. The number of hydrogen-bond acceptors (Lipinski definition) is 15. The maximum Gasteiger partial charge on any atom is 0.472 e. The molecule has 0 aliphatic heterocycles. The van der Waals surface area contributed by atoms with Crippen LogP contribution in [0, 0.1) is 17.8 Å². The minimum atomic E-state index is -4.96. The Morgan fingerprint density at radius 1 is 0.299 bits per heavy atom. The van der Waals surface area contributed by atoms with E-state index in [0.29, 0.717) is 31.6 Å². The molecule has 576 valence electrons. The van der Waals surface area contributed by atoms with Crippen LogP contribution in [0.3, 0.4) is 0 Å². The van der Waals surface area contributed by atoms with E-state index in [0.717, 1.165) is 108 Å². The monoisotopic (exact) mass is 1420 g/mol. The molecule has 0 heterocycles. The van der Waals surface area contributed by atoms with Crippen LogP contribution in [0.15, 0.2) is 0 Å². The third-order valence-corrected chi connectivity index (χ3v) is 20.4. The van der Waals surface area contributed by atoms with E-state index >= 15 is 0 Å². The number of phosphoric acid groups is 2. The first-order valence-corrected chi connectivity index (χ1v) is 43.4. The number of aliphatic hydroxyl groups excluding tert-OH is 1. The normalized spacial score (nSPS) is 14.3. The van der Waals surface area contributed by atoms with Crippen molar-refractivity contribution in [2.75, 3.05) is 39.6 Å². The first kappa shape index (κ1) is 95.1. The van der Waals surface area contributed by atoms with Crippen LogP contribution in [0.2, 0.25) is 0 Å². The molecular weight excluding hydrogens is 1270 g/mol. The molecule has 0 saturated heterocycles. The van der Waals surface area contributed by atoms with Gasteiger partial charge in [-0.15, -0.1) is 0 Å². The topological polar surface area (TPSA) is 237 Å². The lowest BCUT2D eigenvalue weighted by atomic mass is 9.99. The van der Waals surface area contributed by atoms with Crippen molar-refractivity contribution in [2.24, 2.45) is 17.8 Å². The first-order chi connectivity index (χ1) is 46.8. The minimum Gasteiger partial charge on any atom is -0.462 e. The van der Waals surface area contributed by atoms with E-state index in [4.69, 9.17) is 37.0 Å². The van der Waals surface area contributed by atoms with Crippen molar-refractivity contribution in [1.82, 2.24) is 0 Å². The zero-order valence-corrected chi connectivity index (χ0v) is 65.3. The number of phosphoric ester groups is 2. The number of hydrogen-bond donors (Lipinski definition) is 3. The molecule has 0 aromatic heterocycles. The van der Waals surface area contributed by atoms with Crippen LogP contribution < -0.4 is 0 Å². The zero-order valence-electron chi connectivity index (χ0n) is 63.5.